The summed E-state index contributed by atoms with van der Waals surface area (Å²) in [6, 6.07) is 11.9. The highest BCUT2D eigenvalue weighted by Crippen LogP contribution is 2.27. The van der Waals surface area contributed by atoms with E-state index in [2.05, 4.69) is 16.7 Å². The van der Waals surface area contributed by atoms with Gasteiger partial charge >= 0.3 is 5.97 Å². The van der Waals surface area contributed by atoms with Crippen molar-refractivity contribution in [3.8, 4) is 0 Å². The zero-order valence-corrected chi connectivity index (χ0v) is 19.7. The molecule has 2 heterocycles. The van der Waals surface area contributed by atoms with Crippen molar-refractivity contribution in [2.24, 2.45) is 0 Å². The number of carbonyl (C=O) groups is 4. The standard InChI is InChI=1S/C25H26ClN3O5/c1-2-27-11-13-28(14-12-27)21-15-23(31)29(24(21)32)20-9-5-18(6-10-20)25(33)34-16-22(30)17-3-7-19(26)8-4-17/h3-10,21H,2,11-16H2,1H3. The third-order valence-electron chi connectivity index (χ3n) is 6.28. The Labute approximate surface area is 203 Å². The maximum Gasteiger partial charge on any atom is 0.338 e. The highest BCUT2D eigenvalue weighted by Gasteiger charge is 2.43. The lowest BCUT2D eigenvalue weighted by Gasteiger charge is -2.36. The van der Waals surface area contributed by atoms with Gasteiger partial charge in [0.05, 0.1) is 23.7 Å². The fraction of sp³-hybridized carbons (Fsp3) is 0.360. The summed E-state index contributed by atoms with van der Waals surface area (Å²) in [6.45, 7) is 5.95. The monoisotopic (exact) mass is 483 g/mol. The average Bonchev–Trinajstić information content (AvgIpc) is 3.16. The van der Waals surface area contributed by atoms with Crippen molar-refractivity contribution >= 4 is 40.9 Å². The first-order valence-electron chi connectivity index (χ1n) is 11.3. The topological polar surface area (TPSA) is 87.2 Å². The molecule has 2 amide bonds. The summed E-state index contributed by atoms with van der Waals surface area (Å²) in [5.74, 6) is -1.50. The van der Waals surface area contributed by atoms with E-state index in [1.54, 1.807) is 36.4 Å². The number of imide groups is 1. The van der Waals surface area contributed by atoms with E-state index in [-0.39, 0.29) is 29.6 Å². The smallest absolute Gasteiger partial charge is 0.338 e. The minimum absolute atomic E-state index is 0.154. The number of likely N-dealkylation sites (N-methyl/N-ethyl adjacent to an activating group) is 1. The summed E-state index contributed by atoms with van der Waals surface area (Å²) in [5, 5.41) is 0.508. The number of halogens is 1. The van der Waals surface area contributed by atoms with Crippen molar-refractivity contribution in [3.05, 3.63) is 64.7 Å². The predicted octanol–water partition coefficient (Wildman–Crippen LogP) is 2.65. The molecule has 34 heavy (non-hydrogen) atoms. The van der Waals surface area contributed by atoms with Gasteiger partial charge in [-0.25, -0.2) is 9.69 Å². The molecule has 0 saturated carbocycles. The molecule has 0 spiro atoms. The highest BCUT2D eigenvalue weighted by atomic mass is 35.5. The van der Waals surface area contributed by atoms with Crippen molar-refractivity contribution in [3.63, 3.8) is 0 Å². The van der Waals surface area contributed by atoms with Crippen LogP contribution in [0.5, 0.6) is 0 Å². The molecule has 178 valence electrons. The van der Waals surface area contributed by atoms with E-state index < -0.39 is 18.6 Å². The van der Waals surface area contributed by atoms with E-state index in [9.17, 15) is 19.2 Å². The van der Waals surface area contributed by atoms with Crippen molar-refractivity contribution in [2.75, 3.05) is 44.2 Å². The minimum Gasteiger partial charge on any atom is -0.454 e. The third-order valence-corrected chi connectivity index (χ3v) is 6.53. The lowest BCUT2D eigenvalue weighted by atomic mass is 10.1. The Hall–Kier alpha value is -3.07. The van der Waals surface area contributed by atoms with E-state index in [0.29, 0.717) is 16.3 Å². The Morgan fingerprint density at radius 2 is 1.56 bits per heavy atom. The lowest BCUT2D eigenvalue weighted by molar-refractivity contribution is -0.123. The van der Waals surface area contributed by atoms with Gasteiger partial charge in [0, 0.05) is 36.8 Å². The molecule has 1 atom stereocenters. The molecule has 2 fully saturated rings. The Morgan fingerprint density at radius 3 is 2.18 bits per heavy atom. The largest absolute Gasteiger partial charge is 0.454 e. The van der Waals surface area contributed by atoms with Gasteiger partial charge in [0.2, 0.25) is 5.91 Å². The number of esters is 1. The quantitative estimate of drug-likeness (QED) is 0.340. The molecule has 0 aliphatic carbocycles. The van der Waals surface area contributed by atoms with Gasteiger partial charge in [0.1, 0.15) is 0 Å². The minimum atomic E-state index is -0.667. The number of carbonyl (C=O) groups excluding carboxylic acids is 4. The van der Waals surface area contributed by atoms with Crippen LogP contribution < -0.4 is 4.90 Å². The molecule has 2 aliphatic heterocycles. The number of nitrogens with zero attached hydrogens (tertiary/aromatic N) is 3. The average molecular weight is 484 g/mol. The maximum absolute atomic E-state index is 13.0. The van der Waals surface area contributed by atoms with Gasteiger partial charge in [-0.15, -0.1) is 0 Å². The molecule has 2 aliphatic rings. The van der Waals surface area contributed by atoms with Gasteiger partial charge in [-0.2, -0.15) is 0 Å². The molecule has 2 saturated heterocycles. The molecule has 2 aromatic rings. The van der Waals surface area contributed by atoms with E-state index in [4.69, 9.17) is 16.3 Å². The maximum atomic E-state index is 13.0. The zero-order valence-electron chi connectivity index (χ0n) is 18.9. The van der Waals surface area contributed by atoms with Crippen LogP contribution in [0.1, 0.15) is 34.1 Å². The van der Waals surface area contributed by atoms with Gasteiger partial charge < -0.3 is 9.64 Å². The molecule has 1 unspecified atom stereocenters. The number of ether oxygens (including phenoxy) is 1. The fourth-order valence-corrected chi connectivity index (χ4v) is 4.37. The number of amides is 2. The fourth-order valence-electron chi connectivity index (χ4n) is 4.24. The van der Waals surface area contributed by atoms with Crippen molar-refractivity contribution < 1.29 is 23.9 Å². The Balaban J connectivity index is 1.35. The molecular weight excluding hydrogens is 458 g/mol. The second-order valence-electron chi connectivity index (χ2n) is 8.31. The van der Waals surface area contributed by atoms with Gasteiger partial charge in [-0.05, 0) is 55.1 Å². The first-order chi connectivity index (χ1) is 16.4. The predicted molar refractivity (Wildman–Crippen MR) is 127 cm³/mol. The third kappa shape index (κ3) is 5.19. The Bertz CT molecular complexity index is 1080. The molecular formula is C25H26ClN3O5. The van der Waals surface area contributed by atoms with Crippen molar-refractivity contribution in [1.29, 1.82) is 0 Å². The number of Topliss-reactive ketones (excluding diaryl/α,β-unsaturated/α-hetero) is 1. The molecule has 9 heteroatoms. The van der Waals surface area contributed by atoms with Crippen molar-refractivity contribution in [2.45, 2.75) is 19.4 Å². The number of hydrogen-bond acceptors (Lipinski definition) is 7. The summed E-state index contributed by atoms with van der Waals surface area (Å²) in [4.78, 5) is 55.8. The van der Waals surface area contributed by atoms with Crippen LogP contribution in [0.2, 0.25) is 5.02 Å². The number of anilines is 1. The van der Waals surface area contributed by atoms with Crippen LogP contribution in [-0.4, -0.2) is 78.7 Å². The van der Waals surface area contributed by atoms with Crippen LogP contribution >= 0.6 is 11.6 Å². The van der Waals surface area contributed by atoms with E-state index >= 15 is 0 Å². The number of benzene rings is 2. The van der Waals surface area contributed by atoms with Crippen LogP contribution in [-0.2, 0) is 14.3 Å². The molecule has 0 N–H and O–H groups in total. The van der Waals surface area contributed by atoms with E-state index in [0.717, 1.165) is 32.7 Å². The molecule has 0 bridgehead atoms. The van der Waals surface area contributed by atoms with Gasteiger partial charge in [-0.3, -0.25) is 19.3 Å². The van der Waals surface area contributed by atoms with Crippen molar-refractivity contribution in [1.82, 2.24) is 9.80 Å². The first-order valence-corrected chi connectivity index (χ1v) is 11.6. The summed E-state index contributed by atoms with van der Waals surface area (Å²) in [7, 11) is 0. The van der Waals surface area contributed by atoms with Gasteiger partial charge in [-0.1, -0.05) is 18.5 Å². The number of ketones is 1. The second-order valence-corrected chi connectivity index (χ2v) is 8.75. The summed E-state index contributed by atoms with van der Waals surface area (Å²) < 4.78 is 5.12. The molecule has 2 aromatic carbocycles. The van der Waals surface area contributed by atoms with E-state index in [1.807, 2.05) is 0 Å². The van der Waals surface area contributed by atoms with Gasteiger partial charge in [0.25, 0.3) is 5.91 Å². The van der Waals surface area contributed by atoms with E-state index in [1.165, 1.54) is 17.0 Å². The second kappa shape index (κ2) is 10.5. The summed E-state index contributed by atoms with van der Waals surface area (Å²) >= 11 is 5.81. The number of hydrogen-bond donors (Lipinski definition) is 0. The summed E-state index contributed by atoms with van der Waals surface area (Å²) in [5.41, 5.74) is 1.03. The zero-order chi connectivity index (χ0) is 24.2. The normalized spacial score (nSPS) is 19.5. The molecule has 8 nitrogen and oxygen atoms in total. The Morgan fingerprint density at radius 1 is 0.941 bits per heavy atom. The molecule has 4 rings (SSSR count). The molecule has 0 aromatic heterocycles. The van der Waals surface area contributed by atoms with Crippen LogP contribution in [0.25, 0.3) is 0 Å². The highest BCUT2D eigenvalue weighted by molar-refractivity contribution is 6.30. The molecule has 0 radical (unpaired) electrons. The van der Waals surface area contributed by atoms with Crippen LogP contribution in [0.3, 0.4) is 0 Å². The van der Waals surface area contributed by atoms with Crippen LogP contribution in [0.4, 0.5) is 5.69 Å². The van der Waals surface area contributed by atoms with Gasteiger partial charge in [0.15, 0.2) is 12.4 Å². The van der Waals surface area contributed by atoms with Crippen LogP contribution in [0, 0.1) is 0 Å². The van der Waals surface area contributed by atoms with Crippen LogP contribution in [0.15, 0.2) is 48.5 Å². The lowest BCUT2D eigenvalue weighted by Crippen LogP contribution is -2.52. The SMILES string of the molecule is CCN1CCN(C2CC(=O)N(c3ccc(C(=O)OCC(=O)c4ccc(Cl)cc4)cc3)C2=O)CC1. The number of rotatable bonds is 7. The Kier molecular flexibility index (Phi) is 7.41. The summed E-state index contributed by atoms with van der Waals surface area (Å²) in [6.07, 6.45) is 0.154. The number of piperazine rings is 1. The first kappa shape index (κ1) is 24.1.